The van der Waals surface area contributed by atoms with E-state index in [0.29, 0.717) is 0 Å². The maximum atomic E-state index is 13.0. The molecule has 0 bridgehead atoms. The van der Waals surface area contributed by atoms with Crippen LogP contribution in [0.15, 0.2) is 52.3 Å². The number of hydrogen-bond acceptors (Lipinski definition) is 2. The average molecular weight is 336 g/mol. The van der Waals surface area contributed by atoms with Gasteiger partial charge in [-0.25, -0.2) is 4.39 Å². The van der Waals surface area contributed by atoms with Gasteiger partial charge in [0.1, 0.15) is 5.82 Å². The normalized spacial score (nSPS) is 12.8. The molecule has 19 heavy (non-hydrogen) atoms. The van der Waals surface area contributed by atoms with E-state index in [9.17, 15) is 4.39 Å². The highest BCUT2D eigenvalue weighted by Gasteiger charge is 2.14. The topological polar surface area (TPSA) is 26.0 Å². The summed E-state index contributed by atoms with van der Waals surface area (Å²) in [6, 6.07) is 12.2. The fourth-order valence-corrected chi connectivity index (χ4v) is 3.79. The Morgan fingerprint density at radius 1 is 1.11 bits per heavy atom. The second-order valence-corrected chi connectivity index (χ2v) is 6.07. The summed E-state index contributed by atoms with van der Waals surface area (Å²) in [7, 11) is 0. The van der Waals surface area contributed by atoms with Crippen LogP contribution >= 0.6 is 27.3 Å². The highest BCUT2D eigenvalue weighted by molar-refractivity contribution is 9.10. The van der Waals surface area contributed by atoms with E-state index in [1.54, 1.807) is 23.5 Å². The molecular formula is C15H11BrFNS. The molecule has 1 atom stereocenters. The standard InChI is InChI=1S/C15H11BrFNS/c16-13-3-1-2-11-12(8-19-15(11)13)14(18)9-4-6-10(17)7-5-9/h1-8,14H,18H2. The minimum Gasteiger partial charge on any atom is -0.320 e. The van der Waals surface area contributed by atoms with Crippen molar-refractivity contribution in [2.24, 2.45) is 5.73 Å². The summed E-state index contributed by atoms with van der Waals surface area (Å²) < 4.78 is 15.2. The van der Waals surface area contributed by atoms with Crippen LogP contribution in [0.4, 0.5) is 4.39 Å². The molecule has 3 rings (SSSR count). The second kappa shape index (κ2) is 5.04. The first-order valence-corrected chi connectivity index (χ1v) is 7.51. The van der Waals surface area contributed by atoms with Crippen LogP contribution in [0.25, 0.3) is 10.1 Å². The summed E-state index contributed by atoms with van der Waals surface area (Å²) in [4.78, 5) is 0. The summed E-state index contributed by atoms with van der Waals surface area (Å²) in [5.41, 5.74) is 8.29. The van der Waals surface area contributed by atoms with Gasteiger partial charge in [0.15, 0.2) is 0 Å². The molecule has 1 aromatic heterocycles. The predicted octanol–water partition coefficient (Wildman–Crippen LogP) is 4.85. The molecule has 0 saturated carbocycles. The van der Waals surface area contributed by atoms with E-state index in [-0.39, 0.29) is 11.9 Å². The third-order valence-corrected chi connectivity index (χ3v) is 5.12. The van der Waals surface area contributed by atoms with Crippen molar-refractivity contribution in [3.05, 3.63) is 69.3 Å². The van der Waals surface area contributed by atoms with Gasteiger partial charge in [0.05, 0.1) is 6.04 Å². The van der Waals surface area contributed by atoms with Crippen LogP contribution in [-0.4, -0.2) is 0 Å². The Morgan fingerprint density at radius 2 is 1.84 bits per heavy atom. The number of fused-ring (bicyclic) bond motifs is 1. The van der Waals surface area contributed by atoms with Gasteiger partial charge in [0.2, 0.25) is 0 Å². The predicted molar refractivity (Wildman–Crippen MR) is 82.0 cm³/mol. The number of nitrogens with two attached hydrogens (primary N) is 1. The van der Waals surface area contributed by atoms with Crippen LogP contribution in [0.5, 0.6) is 0 Å². The van der Waals surface area contributed by atoms with Crippen molar-refractivity contribution in [2.45, 2.75) is 6.04 Å². The second-order valence-electron chi connectivity index (χ2n) is 4.34. The van der Waals surface area contributed by atoms with E-state index in [1.807, 2.05) is 12.1 Å². The number of benzene rings is 2. The first-order chi connectivity index (χ1) is 9.16. The summed E-state index contributed by atoms with van der Waals surface area (Å²) in [6.45, 7) is 0. The average Bonchev–Trinajstić information content (AvgIpc) is 2.84. The summed E-state index contributed by atoms with van der Waals surface area (Å²) >= 11 is 5.21. The lowest BCUT2D eigenvalue weighted by Crippen LogP contribution is -2.11. The van der Waals surface area contributed by atoms with Crippen LogP contribution in [0.3, 0.4) is 0 Å². The van der Waals surface area contributed by atoms with E-state index in [1.165, 1.54) is 16.8 Å². The Morgan fingerprint density at radius 3 is 2.58 bits per heavy atom. The Balaban J connectivity index is 2.09. The number of halogens is 2. The molecule has 4 heteroatoms. The van der Waals surface area contributed by atoms with Crippen molar-refractivity contribution in [2.75, 3.05) is 0 Å². The van der Waals surface area contributed by atoms with E-state index in [4.69, 9.17) is 5.73 Å². The van der Waals surface area contributed by atoms with Crippen molar-refractivity contribution in [1.29, 1.82) is 0 Å². The van der Waals surface area contributed by atoms with Gasteiger partial charge in [-0.15, -0.1) is 11.3 Å². The molecule has 3 aromatic rings. The van der Waals surface area contributed by atoms with Crippen LogP contribution in [0.2, 0.25) is 0 Å². The molecule has 2 aromatic carbocycles. The molecular weight excluding hydrogens is 325 g/mol. The Kier molecular flexibility index (Phi) is 3.39. The van der Waals surface area contributed by atoms with Crippen LogP contribution in [-0.2, 0) is 0 Å². The molecule has 0 amide bonds. The van der Waals surface area contributed by atoms with E-state index >= 15 is 0 Å². The maximum Gasteiger partial charge on any atom is 0.123 e. The zero-order valence-corrected chi connectivity index (χ0v) is 12.3. The number of hydrogen-bond donors (Lipinski definition) is 1. The van der Waals surface area contributed by atoms with E-state index < -0.39 is 0 Å². The molecule has 1 unspecified atom stereocenters. The van der Waals surface area contributed by atoms with Gasteiger partial charge in [-0.3, -0.25) is 0 Å². The zero-order chi connectivity index (χ0) is 13.4. The third kappa shape index (κ3) is 2.31. The summed E-state index contributed by atoms with van der Waals surface area (Å²) in [5, 5.41) is 3.22. The van der Waals surface area contributed by atoms with Crippen LogP contribution in [0, 0.1) is 5.82 Å². The van der Waals surface area contributed by atoms with Crippen molar-refractivity contribution < 1.29 is 4.39 Å². The van der Waals surface area contributed by atoms with Crippen LogP contribution in [0.1, 0.15) is 17.2 Å². The number of thiophene rings is 1. The Labute approximate surface area is 123 Å². The van der Waals surface area contributed by atoms with E-state index in [2.05, 4.69) is 27.4 Å². The molecule has 96 valence electrons. The smallest absolute Gasteiger partial charge is 0.123 e. The molecule has 1 nitrogen and oxygen atoms in total. The van der Waals surface area contributed by atoms with Crippen molar-refractivity contribution in [3.63, 3.8) is 0 Å². The molecule has 0 spiro atoms. The minimum absolute atomic E-state index is 0.233. The molecule has 1 heterocycles. The molecule has 0 aliphatic heterocycles. The highest BCUT2D eigenvalue weighted by atomic mass is 79.9. The third-order valence-electron chi connectivity index (χ3n) is 3.15. The first kappa shape index (κ1) is 12.8. The lowest BCUT2D eigenvalue weighted by molar-refractivity contribution is 0.626. The molecule has 2 N–H and O–H groups in total. The largest absolute Gasteiger partial charge is 0.320 e. The van der Waals surface area contributed by atoms with Gasteiger partial charge in [-0.1, -0.05) is 24.3 Å². The SMILES string of the molecule is NC(c1ccc(F)cc1)c1csc2c(Br)cccc12. The van der Waals surface area contributed by atoms with Crippen molar-refractivity contribution in [3.8, 4) is 0 Å². The van der Waals surface area contributed by atoms with E-state index in [0.717, 1.165) is 21.0 Å². The summed E-state index contributed by atoms with van der Waals surface area (Å²) in [6.07, 6.45) is 0. The van der Waals surface area contributed by atoms with Crippen molar-refractivity contribution in [1.82, 2.24) is 0 Å². The quantitative estimate of drug-likeness (QED) is 0.711. The monoisotopic (exact) mass is 335 g/mol. The maximum absolute atomic E-state index is 13.0. The Bertz CT molecular complexity index is 721. The molecule has 0 saturated heterocycles. The molecule has 0 aliphatic carbocycles. The van der Waals surface area contributed by atoms with Crippen LogP contribution < -0.4 is 5.73 Å². The molecule has 0 aliphatic rings. The molecule has 0 radical (unpaired) electrons. The van der Waals surface area contributed by atoms with Gasteiger partial charge in [-0.05, 0) is 56.0 Å². The zero-order valence-electron chi connectivity index (χ0n) is 9.94. The number of rotatable bonds is 2. The fraction of sp³-hybridized carbons (Fsp3) is 0.0667. The summed E-state index contributed by atoms with van der Waals surface area (Å²) in [5.74, 6) is -0.242. The van der Waals surface area contributed by atoms with Gasteiger partial charge in [0, 0.05) is 9.17 Å². The highest BCUT2D eigenvalue weighted by Crippen LogP contribution is 2.36. The first-order valence-electron chi connectivity index (χ1n) is 5.83. The minimum atomic E-state index is -0.242. The lowest BCUT2D eigenvalue weighted by atomic mass is 9.99. The Hall–Kier alpha value is -1.23. The molecule has 0 fully saturated rings. The van der Waals surface area contributed by atoms with Crippen molar-refractivity contribution >= 4 is 37.4 Å². The van der Waals surface area contributed by atoms with Gasteiger partial charge in [0.25, 0.3) is 0 Å². The van der Waals surface area contributed by atoms with Gasteiger partial charge in [-0.2, -0.15) is 0 Å². The van der Waals surface area contributed by atoms with Gasteiger partial charge >= 0.3 is 0 Å². The van der Waals surface area contributed by atoms with Gasteiger partial charge < -0.3 is 5.73 Å². The fourth-order valence-electron chi connectivity index (χ4n) is 2.13. The lowest BCUT2D eigenvalue weighted by Gasteiger charge is -2.11.